The van der Waals surface area contributed by atoms with E-state index in [9.17, 15) is 4.79 Å². The molecule has 20 heavy (non-hydrogen) atoms. The molecular weight excluding hydrogens is 274 g/mol. The summed E-state index contributed by atoms with van der Waals surface area (Å²) in [5.41, 5.74) is 6.08. The molecule has 6 heteroatoms. The normalized spacial score (nSPS) is 14.2. The second-order valence-corrected chi connectivity index (χ2v) is 6.04. The number of amides is 1. The summed E-state index contributed by atoms with van der Waals surface area (Å²) in [5, 5.41) is 12.9. The number of hydrogen-bond donors (Lipinski definition) is 3. The summed E-state index contributed by atoms with van der Waals surface area (Å²) >= 11 is 1.29. The molecular formula is C14H19N3O2S. The van der Waals surface area contributed by atoms with E-state index in [1.807, 2.05) is 19.9 Å². The van der Waals surface area contributed by atoms with E-state index in [-0.39, 0.29) is 12.5 Å². The third kappa shape index (κ3) is 2.76. The Bertz CT molecular complexity index is 626. The highest BCUT2D eigenvalue weighted by Crippen LogP contribution is 2.32. The van der Waals surface area contributed by atoms with Crippen LogP contribution in [0.5, 0.6) is 0 Å². The molecule has 1 amide bonds. The van der Waals surface area contributed by atoms with Crippen LogP contribution in [0.25, 0.3) is 10.2 Å². The van der Waals surface area contributed by atoms with E-state index in [1.165, 1.54) is 11.3 Å². The summed E-state index contributed by atoms with van der Waals surface area (Å²) in [6.07, 6.45) is 2.93. The third-order valence-corrected chi connectivity index (χ3v) is 4.70. The van der Waals surface area contributed by atoms with Crippen molar-refractivity contribution in [3.63, 3.8) is 0 Å². The van der Waals surface area contributed by atoms with Crippen molar-refractivity contribution in [2.24, 2.45) is 0 Å². The molecule has 2 heterocycles. The van der Waals surface area contributed by atoms with Gasteiger partial charge in [-0.2, -0.15) is 0 Å². The van der Waals surface area contributed by atoms with Gasteiger partial charge in [0.1, 0.15) is 9.71 Å². The minimum absolute atomic E-state index is 0.0358. The van der Waals surface area contributed by atoms with Crippen molar-refractivity contribution in [3.05, 3.63) is 23.2 Å². The summed E-state index contributed by atoms with van der Waals surface area (Å²) in [6.45, 7) is 3.93. The van der Waals surface area contributed by atoms with Gasteiger partial charge in [-0.05, 0) is 31.9 Å². The number of pyridine rings is 1. The molecule has 0 bridgehead atoms. The minimum Gasteiger partial charge on any atom is -0.397 e. The van der Waals surface area contributed by atoms with E-state index < -0.39 is 5.54 Å². The van der Waals surface area contributed by atoms with Crippen molar-refractivity contribution in [1.29, 1.82) is 0 Å². The average molecular weight is 293 g/mol. The molecule has 4 N–H and O–H groups in total. The first-order chi connectivity index (χ1) is 9.50. The molecule has 0 saturated heterocycles. The molecule has 0 aliphatic carbocycles. The molecule has 1 atom stereocenters. The second-order valence-electron chi connectivity index (χ2n) is 5.04. The predicted molar refractivity (Wildman–Crippen MR) is 81.9 cm³/mol. The fraction of sp³-hybridized carbons (Fsp3) is 0.429. The van der Waals surface area contributed by atoms with Crippen molar-refractivity contribution in [2.75, 3.05) is 12.3 Å². The Morgan fingerprint density at radius 1 is 1.60 bits per heavy atom. The van der Waals surface area contributed by atoms with Gasteiger partial charge >= 0.3 is 0 Å². The Morgan fingerprint density at radius 3 is 2.95 bits per heavy atom. The van der Waals surface area contributed by atoms with Crippen LogP contribution in [0.15, 0.2) is 18.3 Å². The van der Waals surface area contributed by atoms with Gasteiger partial charge in [0.05, 0.1) is 5.69 Å². The molecule has 2 rings (SSSR count). The Balaban J connectivity index is 2.29. The maximum atomic E-state index is 12.4. The summed E-state index contributed by atoms with van der Waals surface area (Å²) in [5.74, 6) is -0.205. The number of anilines is 1. The smallest absolute Gasteiger partial charge is 0.263 e. The van der Waals surface area contributed by atoms with Gasteiger partial charge in [0.2, 0.25) is 0 Å². The number of hydrogen-bond acceptors (Lipinski definition) is 5. The van der Waals surface area contributed by atoms with Crippen LogP contribution in [0.1, 0.15) is 36.4 Å². The monoisotopic (exact) mass is 293 g/mol. The molecule has 0 aliphatic rings. The summed E-state index contributed by atoms with van der Waals surface area (Å²) in [7, 11) is 0. The van der Waals surface area contributed by atoms with Gasteiger partial charge in [-0.1, -0.05) is 6.92 Å². The van der Waals surface area contributed by atoms with Crippen molar-refractivity contribution in [2.45, 2.75) is 32.2 Å². The van der Waals surface area contributed by atoms with E-state index in [0.717, 1.165) is 16.6 Å². The second kappa shape index (κ2) is 5.76. The van der Waals surface area contributed by atoms with Gasteiger partial charge in [-0.15, -0.1) is 11.3 Å². The summed E-state index contributed by atoms with van der Waals surface area (Å²) in [4.78, 5) is 17.9. The van der Waals surface area contributed by atoms with Crippen LogP contribution in [0, 0.1) is 0 Å². The number of aromatic nitrogens is 1. The van der Waals surface area contributed by atoms with Crippen LogP contribution in [0.3, 0.4) is 0 Å². The van der Waals surface area contributed by atoms with E-state index >= 15 is 0 Å². The first-order valence-electron chi connectivity index (χ1n) is 6.57. The zero-order valence-corrected chi connectivity index (χ0v) is 12.5. The molecule has 2 aromatic heterocycles. The largest absolute Gasteiger partial charge is 0.397 e. The Hall–Kier alpha value is -1.66. The SMILES string of the molecule is CCC(C)(CCO)NC(=O)c1sc2ncccc2c1N. The number of carbonyl (C=O) groups excluding carboxylic acids is 1. The van der Waals surface area contributed by atoms with Gasteiger partial charge in [0, 0.05) is 23.7 Å². The molecule has 108 valence electrons. The van der Waals surface area contributed by atoms with Crippen LogP contribution >= 0.6 is 11.3 Å². The summed E-state index contributed by atoms with van der Waals surface area (Å²) in [6, 6.07) is 3.66. The number of aliphatic hydroxyl groups excluding tert-OH is 1. The fourth-order valence-corrected chi connectivity index (χ4v) is 2.98. The zero-order chi connectivity index (χ0) is 14.8. The Kier molecular flexibility index (Phi) is 4.25. The highest BCUT2D eigenvalue weighted by molar-refractivity contribution is 7.21. The number of nitrogens with one attached hydrogen (secondary N) is 1. The molecule has 0 aliphatic heterocycles. The molecule has 1 unspecified atom stereocenters. The molecule has 5 nitrogen and oxygen atoms in total. The number of nitrogen functional groups attached to an aromatic ring is 1. The highest BCUT2D eigenvalue weighted by Gasteiger charge is 2.26. The molecule has 0 saturated carbocycles. The van der Waals surface area contributed by atoms with Crippen molar-refractivity contribution < 1.29 is 9.90 Å². The van der Waals surface area contributed by atoms with Crippen molar-refractivity contribution >= 4 is 33.1 Å². The molecule has 0 aromatic carbocycles. The number of nitrogens with zero attached hydrogens (tertiary/aromatic N) is 1. The number of nitrogens with two attached hydrogens (primary N) is 1. The van der Waals surface area contributed by atoms with E-state index in [1.54, 1.807) is 12.3 Å². The van der Waals surface area contributed by atoms with Crippen LogP contribution in [0.2, 0.25) is 0 Å². The fourth-order valence-electron chi connectivity index (χ4n) is 2.03. The number of carbonyl (C=O) groups is 1. The van der Waals surface area contributed by atoms with Crippen molar-refractivity contribution in [3.8, 4) is 0 Å². The lowest BCUT2D eigenvalue weighted by atomic mass is 9.95. The first kappa shape index (κ1) is 14.7. The maximum Gasteiger partial charge on any atom is 0.263 e. The van der Waals surface area contributed by atoms with E-state index in [4.69, 9.17) is 10.8 Å². The number of thiophene rings is 1. The van der Waals surface area contributed by atoms with E-state index in [2.05, 4.69) is 10.3 Å². The highest BCUT2D eigenvalue weighted by atomic mass is 32.1. The first-order valence-corrected chi connectivity index (χ1v) is 7.39. The van der Waals surface area contributed by atoms with E-state index in [0.29, 0.717) is 17.0 Å². The zero-order valence-electron chi connectivity index (χ0n) is 11.6. The third-order valence-electron chi connectivity index (χ3n) is 3.57. The molecule has 0 spiro atoms. The lowest BCUT2D eigenvalue weighted by molar-refractivity contribution is 0.0891. The lowest BCUT2D eigenvalue weighted by Gasteiger charge is -2.28. The number of aliphatic hydroxyl groups is 1. The van der Waals surface area contributed by atoms with Gasteiger partial charge in [0.15, 0.2) is 0 Å². The van der Waals surface area contributed by atoms with Gasteiger partial charge < -0.3 is 16.2 Å². The molecule has 0 fully saturated rings. The van der Waals surface area contributed by atoms with Crippen LogP contribution in [-0.4, -0.2) is 28.1 Å². The van der Waals surface area contributed by atoms with Crippen LogP contribution in [0.4, 0.5) is 5.69 Å². The lowest BCUT2D eigenvalue weighted by Crippen LogP contribution is -2.46. The van der Waals surface area contributed by atoms with Gasteiger partial charge in [-0.25, -0.2) is 4.98 Å². The molecule has 2 aromatic rings. The standard InChI is InChI=1S/C14H19N3O2S/c1-3-14(2,6-8-18)17-12(19)11-10(15)9-5-4-7-16-13(9)20-11/h4-5,7,18H,3,6,8,15H2,1-2H3,(H,17,19). The average Bonchev–Trinajstić information content (AvgIpc) is 2.77. The Labute approximate surface area is 121 Å². The van der Waals surface area contributed by atoms with Crippen LogP contribution < -0.4 is 11.1 Å². The summed E-state index contributed by atoms with van der Waals surface area (Å²) < 4.78 is 0. The number of fused-ring (bicyclic) bond motifs is 1. The number of rotatable bonds is 5. The maximum absolute atomic E-state index is 12.4. The quantitative estimate of drug-likeness (QED) is 0.788. The predicted octanol–water partition coefficient (Wildman–Crippen LogP) is 2.16. The minimum atomic E-state index is -0.429. The van der Waals surface area contributed by atoms with Crippen LogP contribution in [-0.2, 0) is 0 Å². The van der Waals surface area contributed by atoms with Gasteiger partial charge in [0.25, 0.3) is 5.91 Å². The Morgan fingerprint density at radius 2 is 2.35 bits per heavy atom. The topological polar surface area (TPSA) is 88.2 Å². The van der Waals surface area contributed by atoms with Gasteiger partial charge in [-0.3, -0.25) is 4.79 Å². The molecule has 0 radical (unpaired) electrons. The van der Waals surface area contributed by atoms with Crippen molar-refractivity contribution in [1.82, 2.24) is 10.3 Å².